The Balaban J connectivity index is 1.39. The Bertz CT molecular complexity index is 1960. The number of thiazole rings is 1. The molecule has 1 saturated heterocycles. The SMILES string of the molecule is COC(=O)OCOc1c2n(ccc1=O)N(C1c3ccccc3-c3scnc3-c3c1ccc(F)c3F)C1CC3(CCN1C2=O)CC3. The molecule has 45 heavy (non-hydrogen) atoms. The highest BCUT2D eigenvalue weighted by Crippen LogP contribution is 2.58. The molecular formula is C32H26F2N4O6S. The van der Waals surface area contributed by atoms with E-state index in [1.807, 2.05) is 29.3 Å². The van der Waals surface area contributed by atoms with Crippen LogP contribution in [-0.4, -0.2) is 53.2 Å². The van der Waals surface area contributed by atoms with Gasteiger partial charge in [-0.25, -0.2) is 18.6 Å². The monoisotopic (exact) mass is 632 g/mol. The first kappa shape index (κ1) is 27.7. The van der Waals surface area contributed by atoms with E-state index in [2.05, 4.69) is 9.72 Å². The molecule has 2 fully saturated rings. The second-order valence-electron chi connectivity index (χ2n) is 11.7. The van der Waals surface area contributed by atoms with Gasteiger partial charge in [0.2, 0.25) is 18.0 Å². The number of nitrogens with zero attached hydrogens (tertiary/aromatic N) is 4. The largest absolute Gasteiger partial charge is 0.510 e. The van der Waals surface area contributed by atoms with Crippen LogP contribution in [0.1, 0.15) is 53.3 Å². The number of benzene rings is 2. The minimum absolute atomic E-state index is 0.0541. The van der Waals surface area contributed by atoms with Gasteiger partial charge < -0.3 is 19.1 Å². The fraction of sp³-hybridized carbons (Fsp3) is 0.312. The minimum Gasteiger partial charge on any atom is -0.451 e. The lowest BCUT2D eigenvalue weighted by Crippen LogP contribution is -2.65. The fourth-order valence-corrected chi connectivity index (χ4v) is 7.91. The van der Waals surface area contributed by atoms with E-state index < -0.39 is 48.1 Å². The smallest absolute Gasteiger partial charge is 0.451 e. The number of piperidine rings is 1. The fourth-order valence-electron chi connectivity index (χ4n) is 7.06. The molecule has 8 rings (SSSR count). The second-order valence-corrected chi connectivity index (χ2v) is 12.6. The van der Waals surface area contributed by atoms with Crippen molar-refractivity contribution in [3.8, 4) is 27.4 Å². The molecule has 4 aromatic rings. The van der Waals surface area contributed by atoms with E-state index >= 15 is 4.39 Å². The maximum absolute atomic E-state index is 15.9. The van der Waals surface area contributed by atoms with Crippen molar-refractivity contribution in [2.45, 2.75) is 37.9 Å². The normalized spacial score (nSPS) is 20.3. The predicted octanol–water partition coefficient (Wildman–Crippen LogP) is 5.43. The summed E-state index contributed by atoms with van der Waals surface area (Å²) < 4.78 is 47.5. The third-order valence-corrected chi connectivity index (χ3v) is 10.3. The number of carbonyl (C=O) groups excluding carboxylic acids is 2. The number of amides is 1. The number of aromatic nitrogens is 2. The van der Waals surface area contributed by atoms with Gasteiger partial charge in [-0.2, -0.15) is 0 Å². The van der Waals surface area contributed by atoms with Crippen molar-refractivity contribution in [3.05, 3.63) is 92.9 Å². The zero-order valence-electron chi connectivity index (χ0n) is 24.0. The molecule has 2 aliphatic carbocycles. The first-order chi connectivity index (χ1) is 21.8. The van der Waals surface area contributed by atoms with Crippen LogP contribution in [-0.2, 0) is 9.47 Å². The van der Waals surface area contributed by atoms with Gasteiger partial charge in [0.1, 0.15) is 6.17 Å². The summed E-state index contributed by atoms with van der Waals surface area (Å²) in [5, 5.41) is 1.98. The van der Waals surface area contributed by atoms with Crippen molar-refractivity contribution < 1.29 is 32.6 Å². The molecule has 0 radical (unpaired) electrons. The van der Waals surface area contributed by atoms with Crippen LogP contribution in [0.15, 0.2) is 59.0 Å². The highest BCUT2D eigenvalue weighted by molar-refractivity contribution is 7.13. The molecule has 2 aliphatic heterocycles. The number of rotatable bonds is 4. The lowest BCUT2D eigenvalue weighted by atomic mass is 9.87. The van der Waals surface area contributed by atoms with Crippen LogP contribution in [0.25, 0.3) is 21.7 Å². The zero-order chi connectivity index (χ0) is 31.0. The summed E-state index contributed by atoms with van der Waals surface area (Å²) in [6.07, 6.45) is 3.55. The van der Waals surface area contributed by atoms with Crippen molar-refractivity contribution in [3.63, 3.8) is 0 Å². The number of halogens is 2. The number of hydrogen-bond acceptors (Lipinski definition) is 9. The van der Waals surface area contributed by atoms with Gasteiger partial charge in [-0.15, -0.1) is 11.3 Å². The Morgan fingerprint density at radius 3 is 2.71 bits per heavy atom. The number of methoxy groups -OCH3 is 1. The van der Waals surface area contributed by atoms with Crippen molar-refractivity contribution in [1.82, 2.24) is 14.6 Å². The molecule has 230 valence electrons. The summed E-state index contributed by atoms with van der Waals surface area (Å²) in [6.45, 7) is -0.223. The Morgan fingerprint density at radius 2 is 1.91 bits per heavy atom. The van der Waals surface area contributed by atoms with Crippen LogP contribution < -0.4 is 15.2 Å². The van der Waals surface area contributed by atoms with E-state index in [-0.39, 0.29) is 22.4 Å². The molecule has 2 atom stereocenters. The minimum atomic E-state index is -1.01. The highest BCUT2D eigenvalue weighted by atomic mass is 32.1. The van der Waals surface area contributed by atoms with Gasteiger partial charge in [0.15, 0.2) is 17.3 Å². The Kier molecular flexibility index (Phi) is 6.24. The molecule has 10 nitrogen and oxygen atoms in total. The zero-order valence-corrected chi connectivity index (χ0v) is 24.8. The van der Waals surface area contributed by atoms with Crippen molar-refractivity contribution >= 4 is 23.4 Å². The number of hydrogen-bond donors (Lipinski definition) is 0. The van der Waals surface area contributed by atoms with E-state index in [1.54, 1.807) is 21.2 Å². The molecular weight excluding hydrogens is 606 g/mol. The van der Waals surface area contributed by atoms with Crippen LogP contribution in [0.5, 0.6) is 5.75 Å². The molecule has 0 bridgehead atoms. The molecule has 1 saturated carbocycles. The highest BCUT2D eigenvalue weighted by Gasteiger charge is 2.55. The standard InChI is InChI=1S/C32H26F2N4O6S/c1-42-31(41)44-16-43-28-21(39)8-12-37-27(28)30(40)36-13-11-32(9-10-32)14-22(36)38(37)26-17-4-2-3-5-18(17)29-25(35-15-45-29)23-19(26)6-7-20(33)24(23)34/h2-8,12,15,22,26H,9-11,13-14,16H2,1H3. The number of fused-ring (bicyclic) bond motifs is 7. The van der Waals surface area contributed by atoms with E-state index in [0.717, 1.165) is 43.6 Å². The maximum atomic E-state index is 15.9. The average Bonchev–Trinajstić information content (AvgIpc) is 3.64. The molecule has 1 amide bonds. The van der Waals surface area contributed by atoms with E-state index in [0.29, 0.717) is 29.1 Å². The van der Waals surface area contributed by atoms with Gasteiger partial charge >= 0.3 is 6.16 Å². The van der Waals surface area contributed by atoms with Crippen LogP contribution in [0.2, 0.25) is 0 Å². The average molecular weight is 633 g/mol. The van der Waals surface area contributed by atoms with Gasteiger partial charge in [-0.05, 0) is 53.9 Å². The van der Waals surface area contributed by atoms with E-state index in [4.69, 9.17) is 9.47 Å². The van der Waals surface area contributed by atoms with Crippen molar-refractivity contribution in [1.29, 1.82) is 0 Å². The van der Waals surface area contributed by atoms with E-state index in [1.165, 1.54) is 23.6 Å². The van der Waals surface area contributed by atoms with Gasteiger partial charge in [0.05, 0.1) is 29.2 Å². The summed E-state index contributed by atoms with van der Waals surface area (Å²) in [4.78, 5) is 46.0. The number of pyridine rings is 1. The van der Waals surface area contributed by atoms with Crippen LogP contribution in [0.3, 0.4) is 0 Å². The third kappa shape index (κ3) is 4.16. The Hall–Kier alpha value is -4.78. The molecule has 2 unspecified atom stereocenters. The summed E-state index contributed by atoms with van der Waals surface area (Å²) in [7, 11) is 1.14. The lowest BCUT2D eigenvalue weighted by molar-refractivity contribution is 0.0118. The number of ether oxygens (including phenoxy) is 3. The number of carbonyl (C=O) groups is 2. The van der Waals surface area contributed by atoms with Gasteiger partial charge in [-0.3, -0.25) is 19.3 Å². The van der Waals surface area contributed by atoms with Gasteiger partial charge in [0.25, 0.3) is 5.91 Å². The third-order valence-electron chi connectivity index (χ3n) is 9.41. The van der Waals surface area contributed by atoms with Gasteiger partial charge in [0, 0.05) is 24.4 Å². The van der Waals surface area contributed by atoms with E-state index in [9.17, 15) is 18.8 Å². The van der Waals surface area contributed by atoms with Crippen LogP contribution in [0, 0.1) is 17.0 Å². The molecule has 0 N–H and O–H groups in total. The molecule has 2 aromatic heterocycles. The molecule has 13 heteroatoms. The first-order valence-electron chi connectivity index (χ1n) is 14.5. The first-order valence-corrected chi connectivity index (χ1v) is 15.4. The molecule has 4 aliphatic rings. The Morgan fingerprint density at radius 1 is 1.09 bits per heavy atom. The molecule has 1 spiro atoms. The summed E-state index contributed by atoms with van der Waals surface area (Å²) in [5.41, 5.74) is 3.53. The summed E-state index contributed by atoms with van der Waals surface area (Å²) in [5.74, 6) is -2.71. The molecule has 2 aromatic carbocycles. The second kappa shape index (κ2) is 10.1. The quantitative estimate of drug-likeness (QED) is 0.217. The summed E-state index contributed by atoms with van der Waals surface area (Å²) >= 11 is 1.34. The van der Waals surface area contributed by atoms with Crippen molar-refractivity contribution in [2.24, 2.45) is 5.41 Å². The lowest BCUT2D eigenvalue weighted by Gasteiger charge is -2.53. The van der Waals surface area contributed by atoms with Crippen LogP contribution in [0.4, 0.5) is 13.6 Å². The van der Waals surface area contributed by atoms with Gasteiger partial charge in [-0.1, -0.05) is 30.3 Å². The molecule has 4 heterocycles. The Labute approximate surface area is 259 Å². The van der Waals surface area contributed by atoms with Crippen LogP contribution >= 0.6 is 11.3 Å². The van der Waals surface area contributed by atoms with Crippen molar-refractivity contribution in [2.75, 3.05) is 25.5 Å². The summed E-state index contributed by atoms with van der Waals surface area (Å²) in [6, 6.07) is 10.9. The topological polar surface area (TPSA) is 103 Å². The maximum Gasteiger partial charge on any atom is 0.510 e. The predicted molar refractivity (Wildman–Crippen MR) is 158 cm³/mol.